The zero-order valence-electron chi connectivity index (χ0n) is 17.3. The van der Waals surface area contributed by atoms with Crippen LogP contribution in [0.3, 0.4) is 0 Å². The molecule has 0 aliphatic rings. The zero-order chi connectivity index (χ0) is 21.8. The Kier molecular flexibility index (Phi) is 5.89. The van der Waals surface area contributed by atoms with Crippen molar-refractivity contribution in [3.05, 3.63) is 72.0 Å². The summed E-state index contributed by atoms with van der Waals surface area (Å²) in [5.41, 5.74) is 4.26. The van der Waals surface area contributed by atoms with E-state index in [4.69, 9.17) is 4.42 Å². The lowest BCUT2D eigenvalue weighted by molar-refractivity contribution is -0.118. The van der Waals surface area contributed by atoms with Crippen molar-refractivity contribution in [1.29, 1.82) is 0 Å². The van der Waals surface area contributed by atoms with Gasteiger partial charge in [0.05, 0.1) is 16.8 Å². The Labute approximate surface area is 188 Å². The number of rotatable bonds is 9. The van der Waals surface area contributed by atoms with E-state index in [1.807, 2.05) is 48.7 Å². The summed E-state index contributed by atoms with van der Waals surface area (Å²) in [6.45, 7) is 0.577. The molecule has 0 bridgehead atoms. The monoisotopic (exact) mass is 446 g/mol. The van der Waals surface area contributed by atoms with Crippen LogP contribution < -0.4 is 5.32 Å². The van der Waals surface area contributed by atoms with Gasteiger partial charge in [-0.15, -0.1) is 10.2 Å². The molecule has 0 fully saturated rings. The van der Waals surface area contributed by atoms with E-state index in [2.05, 4.69) is 36.5 Å². The molecular weight excluding hydrogens is 424 g/mol. The van der Waals surface area contributed by atoms with Crippen molar-refractivity contribution in [2.45, 2.75) is 24.5 Å². The highest BCUT2D eigenvalue weighted by Crippen LogP contribution is 2.19. The Balaban J connectivity index is 1.06. The van der Waals surface area contributed by atoms with Gasteiger partial charge in [0.1, 0.15) is 5.82 Å². The van der Waals surface area contributed by atoms with Gasteiger partial charge < -0.3 is 19.7 Å². The molecule has 3 heterocycles. The normalized spacial score (nSPS) is 11.4. The minimum Gasteiger partial charge on any atom is -0.416 e. The number of nitrogens with one attached hydrogen (secondary N) is 3. The predicted octanol–water partition coefficient (Wildman–Crippen LogP) is 3.66. The molecule has 8 nitrogen and oxygen atoms in total. The second-order valence-corrected chi connectivity index (χ2v) is 8.34. The van der Waals surface area contributed by atoms with Crippen molar-refractivity contribution in [3.63, 3.8) is 0 Å². The van der Waals surface area contributed by atoms with Crippen molar-refractivity contribution in [2.75, 3.05) is 12.3 Å². The lowest BCUT2D eigenvalue weighted by Gasteiger charge is -2.03. The number of nitrogens with zero attached hydrogens (tertiary/aromatic N) is 3. The Hall–Kier alpha value is -3.59. The van der Waals surface area contributed by atoms with Crippen molar-refractivity contribution in [1.82, 2.24) is 30.5 Å². The molecule has 1 amide bonds. The van der Waals surface area contributed by atoms with Gasteiger partial charge in [0, 0.05) is 36.5 Å². The maximum atomic E-state index is 12.2. The Morgan fingerprint density at radius 2 is 1.84 bits per heavy atom. The number of carbonyl (C=O) groups is 1. The number of aromatic amines is 2. The molecule has 2 aromatic carbocycles. The van der Waals surface area contributed by atoms with Gasteiger partial charge in [-0.25, -0.2) is 4.98 Å². The van der Waals surface area contributed by atoms with Gasteiger partial charge in [-0.2, -0.15) is 0 Å². The number of imidazole rings is 1. The van der Waals surface area contributed by atoms with Crippen LogP contribution in [0.5, 0.6) is 0 Å². The summed E-state index contributed by atoms with van der Waals surface area (Å²) in [5.74, 6) is 1.59. The van der Waals surface area contributed by atoms with Crippen molar-refractivity contribution < 1.29 is 9.21 Å². The fraction of sp³-hybridized carbons (Fsp3) is 0.217. The first-order valence-corrected chi connectivity index (χ1v) is 11.4. The second-order valence-electron chi connectivity index (χ2n) is 7.41. The zero-order valence-corrected chi connectivity index (χ0v) is 18.1. The van der Waals surface area contributed by atoms with Gasteiger partial charge in [0.25, 0.3) is 5.22 Å². The molecule has 0 radical (unpaired) electrons. The van der Waals surface area contributed by atoms with E-state index < -0.39 is 0 Å². The number of para-hydroxylation sites is 3. The van der Waals surface area contributed by atoms with Crippen LogP contribution in [0.4, 0.5) is 0 Å². The van der Waals surface area contributed by atoms with Gasteiger partial charge in [-0.3, -0.25) is 4.79 Å². The van der Waals surface area contributed by atoms with Crippen LogP contribution in [0.15, 0.2) is 64.4 Å². The quantitative estimate of drug-likeness (QED) is 0.298. The van der Waals surface area contributed by atoms with Crippen molar-refractivity contribution in [2.24, 2.45) is 0 Å². The molecule has 0 atom stereocenters. The summed E-state index contributed by atoms with van der Waals surface area (Å²) < 4.78 is 5.66. The standard InChI is InChI=1S/C23H22N6O2S/c30-21(24-12-11-15-13-25-17-6-2-1-5-16(15)17)14-32-23-29-28-22(31-23)10-9-20-26-18-7-3-4-8-19(18)27-20/h1-8,13,25H,9-12,14H2,(H,24,30)(H,26,27). The number of thioether (sulfide) groups is 1. The van der Waals surface area contributed by atoms with E-state index >= 15 is 0 Å². The summed E-state index contributed by atoms with van der Waals surface area (Å²) in [5, 5.41) is 12.6. The maximum absolute atomic E-state index is 12.2. The first kappa shape index (κ1) is 20.3. The van der Waals surface area contributed by atoms with E-state index in [9.17, 15) is 4.79 Å². The highest BCUT2D eigenvalue weighted by molar-refractivity contribution is 7.99. The smallest absolute Gasteiger partial charge is 0.277 e. The number of hydrogen-bond acceptors (Lipinski definition) is 6. The first-order valence-electron chi connectivity index (χ1n) is 10.4. The van der Waals surface area contributed by atoms with E-state index in [1.54, 1.807) is 0 Å². The molecule has 0 aliphatic heterocycles. The van der Waals surface area contributed by atoms with Crippen LogP contribution in [0.1, 0.15) is 17.3 Å². The molecule has 9 heteroatoms. The first-order chi connectivity index (χ1) is 15.7. The molecule has 5 rings (SSSR count). The van der Waals surface area contributed by atoms with Gasteiger partial charge in [0.15, 0.2) is 0 Å². The third-order valence-electron chi connectivity index (χ3n) is 5.18. The average Bonchev–Trinajstić information content (AvgIpc) is 3.54. The fourth-order valence-electron chi connectivity index (χ4n) is 3.60. The summed E-state index contributed by atoms with van der Waals surface area (Å²) >= 11 is 1.24. The molecule has 162 valence electrons. The van der Waals surface area contributed by atoms with Crippen LogP contribution in [0.25, 0.3) is 21.9 Å². The third kappa shape index (κ3) is 4.67. The Morgan fingerprint density at radius 1 is 1.00 bits per heavy atom. The van der Waals surface area contributed by atoms with Crippen molar-refractivity contribution >= 4 is 39.6 Å². The summed E-state index contributed by atoms with van der Waals surface area (Å²) in [6.07, 6.45) is 4.03. The van der Waals surface area contributed by atoms with E-state index in [0.717, 1.165) is 28.8 Å². The number of aromatic nitrogens is 5. The predicted molar refractivity (Wildman–Crippen MR) is 124 cm³/mol. The lowest BCUT2D eigenvalue weighted by atomic mass is 10.1. The summed E-state index contributed by atoms with van der Waals surface area (Å²) in [4.78, 5) is 23.3. The molecule has 0 spiro atoms. The third-order valence-corrected chi connectivity index (χ3v) is 6.00. The fourth-order valence-corrected chi connectivity index (χ4v) is 4.21. The number of carbonyl (C=O) groups excluding carboxylic acids is 1. The van der Waals surface area contributed by atoms with Crippen LogP contribution in [0.2, 0.25) is 0 Å². The summed E-state index contributed by atoms with van der Waals surface area (Å²) in [6, 6.07) is 16.1. The highest BCUT2D eigenvalue weighted by Gasteiger charge is 2.11. The number of hydrogen-bond donors (Lipinski definition) is 3. The van der Waals surface area contributed by atoms with Gasteiger partial charge in [0.2, 0.25) is 11.8 Å². The molecule has 0 aliphatic carbocycles. The number of fused-ring (bicyclic) bond motifs is 2. The Bertz CT molecular complexity index is 1320. The van der Waals surface area contributed by atoms with Crippen LogP contribution in [-0.2, 0) is 24.1 Å². The maximum Gasteiger partial charge on any atom is 0.277 e. The molecule has 32 heavy (non-hydrogen) atoms. The van der Waals surface area contributed by atoms with Crippen LogP contribution in [-0.4, -0.2) is 43.4 Å². The van der Waals surface area contributed by atoms with E-state index in [1.165, 1.54) is 22.7 Å². The number of H-pyrrole nitrogens is 2. The second kappa shape index (κ2) is 9.27. The lowest BCUT2D eigenvalue weighted by Crippen LogP contribution is -2.27. The number of benzene rings is 2. The number of aryl methyl sites for hydroxylation is 2. The minimum absolute atomic E-state index is 0.0585. The number of amides is 1. The molecule has 3 N–H and O–H groups in total. The van der Waals surface area contributed by atoms with E-state index in [0.29, 0.717) is 30.5 Å². The highest BCUT2D eigenvalue weighted by atomic mass is 32.2. The van der Waals surface area contributed by atoms with Gasteiger partial charge in [-0.05, 0) is 30.2 Å². The summed E-state index contributed by atoms with van der Waals surface area (Å²) in [7, 11) is 0. The topological polar surface area (TPSA) is 112 Å². The van der Waals surface area contributed by atoms with Gasteiger partial charge in [-0.1, -0.05) is 42.1 Å². The Morgan fingerprint density at radius 3 is 2.75 bits per heavy atom. The molecular formula is C23H22N6O2S. The molecule has 0 saturated heterocycles. The van der Waals surface area contributed by atoms with Crippen LogP contribution in [0, 0.1) is 0 Å². The largest absolute Gasteiger partial charge is 0.416 e. The van der Waals surface area contributed by atoms with Crippen LogP contribution >= 0.6 is 11.8 Å². The molecule has 0 saturated carbocycles. The average molecular weight is 447 g/mol. The van der Waals surface area contributed by atoms with Gasteiger partial charge >= 0.3 is 0 Å². The molecule has 3 aromatic heterocycles. The molecule has 5 aromatic rings. The minimum atomic E-state index is -0.0585. The van der Waals surface area contributed by atoms with E-state index in [-0.39, 0.29) is 11.7 Å². The molecule has 0 unspecified atom stereocenters. The van der Waals surface area contributed by atoms with Crippen molar-refractivity contribution in [3.8, 4) is 0 Å². The SMILES string of the molecule is O=C(CSc1nnc(CCc2nc3ccccc3[nH]2)o1)NCCc1c[nH]c2ccccc12.